The number of imidazole rings is 1. The second kappa shape index (κ2) is 5.61. The van der Waals surface area contributed by atoms with Gasteiger partial charge >= 0.3 is 0 Å². The van der Waals surface area contributed by atoms with Gasteiger partial charge in [0, 0.05) is 38.3 Å². The summed E-state index contributed by atoms with van der Waals surface area (Å²) in [4.78, 5) is 6.64. The number of ether oxygens (including phenoxy) is 1. The summed E-state index contributed by atoms with van der Waals surface area (Å²) in [6, 6.07) is 0.348. The predicted molar refractivity (Wildman–Crippen MR) is 71.6 cm³/mol. The third-order valence-electron chi connectivity index (χ3n) is 4.59. The average Bonchev–Trinajstić information content (AvgIpc) is 3.00. The van der Waals surface area contributed by atoms with Crippen molar-refractivity contribution in [1.82, 2.24) is 14.5 Å². The molecule has 1 saturated carbocycles. The van der Waals surface area contributed by atoms with Crippen LogP contribution >= 0.6 is 0 Å². The molecule has 1 aromatic rings. The van der Waals surface area contributed by atoms with Crippen LogP contribution in [-0.4, -0.2) is 51.5 Å². The SMILES string of the molecule is Cn1cncc1CN1CCOCC1C1CCCC1O. The molecule has 5 heteroatoms. The van der Waals surface area contributed by atoms with E-state index in [-0.39, 0.29) is 6.10 Å². The summed E-state index contributed by atoms with van der Waals surface area (Å²) in [5.74, 6) is 0.369. The lowest BCUT2D eigenvalue weighted by Gasteiger charge is -2.40. The number of aliphatic hydroxyl groups is 1. The average molecular weight is 265 g/mol. The first-order valence-corrected chi connectivity index (χ1v) is 7.21. The molecule has 1 aromatic heterocycles. The lowest BCUT2D eigenvalue weighted by atomic mass is 9.94. The van der Waals surface area contributed by atoms with Gasteiger partial charge in [-0.1, -0.05) is 6.42 Å². The van der Waals surface area contributed by atoms with Gasteiger partial charge in [0.05, 0.1) is 31.3 Å². The van der Waals surface area contributed by atoms with Crippen molar-refractivity contribution in [2.75, 3.05) is 19.8 Å². The Balaban J connectivity index is 1.72. The Morgan fingerprint density at radius 3 is 3.05 bits per heavy atom. The quantitative estimate of drug-likeness (QED) is 0.877. The predicted octanol–water partition coefficient (Wildman–Crippen LogP) is 0.782. The van der Waals surface area contributed by atoms with Crippen LogP contribution in [0.5, 0.6) is 0 Å². The summed E-state index contributed by atoms with van der Waals surface area (Å²) in [6.45, 7) is 3.38. The van der Waals surface area contributed by atoms with Gasteiger partial charge in [-0.3, -0.25) is 4.90 Å². The summed E-state index contributed by atoms with van der Waals surface area (Å²) in [5.41, 5.74) is 1.22. The van der Waals surface area contributed by atoms with Crippen molar-refractivity contribution in [2.45, 2.75) is 38.0 Å². The lowest BCUT2D eigenvalue weighted by molar-refractivity contribution is -0.0543. The molecule has 3 atom stereocenters. The number of aromatic nitrogens is 2. The van der Waals surface area contributed by atoms with Crippen LogP contribution in [-0.2, 0) is 18.3 Å². The van der Waals surface area contributed by atoms with E-state index in [1.807, 2.05) is 19.6 Å². The van der Waals surface area contributed by atoms with Gasteiger partial charge in [-0.15, -0.1) is 0 Å². The van der Waals surface area contributed by atoms with Crippen LogP contribution in [0.4, 0.5) is 0 Å². The third-order valence-corrected chi connectivity index (χ3v) is 4.59. The van der Waals surface area contributed by atoms with Gasteiger partial charge in [-0.05, 0) is 12.8 Å². The Morgan fingerprint density at radius 2 is 2.37 bits per heavy atom. The van der Waals surface area contributed by atoms with E-state index < -0.39 is 0 Å². The van der Waals surface area contributed by atoms with E-state index in [1.54, 1.807) is 0 Å². The van der Waals surface area contributed by atoms with Crippen LogP contribution in [0, 0.1) is 5.92 Å². The number of nitrogens with zero attached hydrogens (tertiary/aromatic N) is 3. The van der Waals surface area contributed by atoms with Gasteiger partial charge in [-0.25, -0.2) is 4.98 Å². The third kappa shape index (κ3) is 2.68. The molecule has 1 saturated heterocycles. The molecule has 106 valence electrons. The fourth-order valence-electron chi connectivity index (χ4n) is 3.41. The highest BCUT2D eigenvalue weighted by Gasteiger charge is 2.37. The zero-order valence-electron chi connectivity index (χ0n) is 11.5. The van der Waals surface area contributed by atoms with Crippen LogP contribution in [0.3, 0.4) is 0 Å². The van der Waals surface area contributed by atoms with Crippen LogP contribution in [0.1, 0.15) is 25.0 Å². The van der Waals surface area contributed by atoms with Gasteiger partial charge in [0.15, 0.2) is 0 Å². The summed E-state index contributed by atoms with van der Waals surface area (Å²) in [7, 11) is 2.03. The maximum atomic E-state index is 10.1. The Labute approximate surface area is 114 Å². The normalized spacial score (nSPS) is 32.8. The first-order valence-electron chi connectivity index (χ1n) is 7.21. The molecule has 0 spiro atoms. The van der Waals surface area contributed by atoms with Gasteiger partial charge in [0.2, 0.25) is 0 Å². The molecule has 3 rings (SSSR count). The Bertz CT molecular complexity index is 421. The van der Waals surface area contributed by atoms with E-state index in [4.69, 9.17) is 4.74 Å². The van der Waals surface area contributed by atoms with Crippen molar-refractivity contribution in [1.29, 1.82) is 0 Å². The molecule has 19 heavy (non-hydrogen) atoms. The Hall–Kier alpha value is -0.910. The highest BCUT2D eigenvalue weighted by atomic mass is 16.5. The van der Waals surface area contributed by atoms with E-state index in [9.17, 15) is 5.11 Å². The molecule has 0 bridgehead atoms. The molecule has 1 aliphatic heterocycles. The van der Waals surface area contributed by atoms with Crippen molar-refractivity contribution in [3.8, 4) is 0 Å². The standard InChI is InChI=1S/C14H23N3O2/c1-16-10-15-7-11(16)8-17-5-6-19-9-13(17)12-3-2-4-14(12)18/h7,10,12-14,18H,2-6,8-9H2,1H3. The molecule has 1 N–H and O–H groups in total. The minimum atomic E-state index is -0.152. The van der Waals surface area contributed by atoms with Crippen LogP contribution in [0.25, 0.3) is 0 Å². The van der Waals surface area contributed by atoms with Crippen LogP contribution < -0.4 is 0 Å². The summed E-state index contributed by atoms with van der Waals surface area (Å²) in [5, 5.41) is 10.1. The molecule has 2 aliphatic rings. The van der Waals surface area contributed by atoms with Crippen LogP contribution in [0.15, 0.2) is 12.5 Å². The summed E-state index contributed by atoms with van der Waals surface area (Å²) >= 11 is 0. The van der Waals surface area contributed by atoms with Gasteiger partial charge in [0.1, 0.15) is 0 Å². The largest absolute Gasteiger partial charge is 0.393 e. The number of aliphatic hydroxyl groups excluding tert-OH is 1. The molecule has 0 amide bonds. The zero-order chi connectivity index (χ0) is 13.2. The molecule has 3 unspecified atom stereocenters. The highest BCUT2D eigenvalue weighted by molar-refractivity contribution is 5.00. The number of aryl methyl sites for hydroxylation is 1. The fraction of sp³-hybridized carbons (Fsp3) is 0.786. The van der Waals surface area contributed by atoms with E-state index in [2.05, 4.69) is 14.5 Å². The summed E-state index contributed by atoms with van der Waals surface area (Å²) in [6.07, 6.45) is 6.83. The maximum absolute atomic E-state index is 10.1. The lowest BCUT2D eigenvalue weighted by Crippen LogP contribution is -2.50. The molecular weight excluding hydrogens is 242 g/mol. The first-order chi connectivity index (χ1) is 9.25. The fourth-order valence-corrected chi connectivity index (χ4v) is 3.41. The Kier molecular flexibility index (Phi) is 3.86. The molecule has 2 heterocycles. The molecule has 2 fully saturated rings. The maximum Gasteiger partial charge on any atom is 0.0945 e. The van der Waals surface area contributed by atoms with Crippen molar-refractivity contribution in [3.63, 3.8) is 0 Å². The molecule has 0 aromatic carbocycles. The number of rotatable bonds is 3. The minimum absolute atomic E-state index is 0.152. The van der Waals surface area contributed by atoms with Gasteiger partial charge in [0.25, 0.3) is 0 Å². The number of hydrogen-bond acceptors (Lipinski definition) is 4. The Morgan fingerprint density at radius 1 is 1.47 bits per heavy atom. The molecular formula is C14H23N3O2. The second-order valence-electron chi connectivity index (χ2n) is 5.77. The smallest absolute Gasteiger partial charge is 0.0945 e. The molecule has 1 aliphatic carbocycles. The first kappa shape index (κ1) is 13.1. The van der Waals surface area contributed by atoms with Crippen molar-refractivity contribution in [2.24, 2.45) is 13.0 Å². The van der Waals surface area contributed by atoms with Crippen LogP contribution in [0.2, 0.25) is 0 Å². The number of hydrogen-bond donors (Lipinski definition) is 1. The van der Waals surface area contributed by atoms with E-state index in [0.29, 0.717) is 12.0 Å². The molecule has 0 radical (unpaired) electrons. The van der Waals surface area contributed by atoms with Gasteiger partial charge in [-0.2, -0.15) is 0 Å². The topological polar surface area (TPSA) is 50.5 Å². The highest BCUT2D eigenvalue weighted by Crippen LogP contribution is 2.32. The van der Waals surface area contributed by atoms with Crippen molar-refractivity contribution < 1.29 is 9.84 Å². The zero-order valence-corrected chi connectivity index (χ0v) is 11.5. The van der Waals surface area contributed by atoms with Gasteiger partial charge < -0.3 is 14.4 Å². The monoisotopic (exact) mass is 265 g/mol. The second-order valence-corrected chi connectivity index (χ2v) is 5.77. The summed E-state index contributed by atoms with van der Waals surface area (Å²) < 4.78 is 7.71. The van der Waals surface area contributed by atoms with E-state index in [0.717, 1.165) is 45.6 Å². The van der Waals surface area contributed by atoms with E-state index in [1.165, 1.54) is 5.69 Å². The molecule has 5 nitrogen and oxygen atoms in total. The number of morpholine rings is 1. The van der Waals surface area contributed by atoms with Crippen molar-refractivity contribution in [3.05, 3.63) is 18.2 Å². The van der Waals surface area contributed by atoms with E-state index >= 15 is 0 Å². The minimum Gasteiger partial charge on any atom is -0.393 e. The van der Waals surface area contributed by atoms with Crippen molar-refractivity contribution >= 4 is 0 Å².